The molecule has 0 bridgehead atoms. The van der Waals surface area contributed by atoms with Gasteiger partial charge < -0.3 is 10.4 Å². The average molecular weight is 297 g/mol. The quantitative estimate of drug-likeness (QED) is 0.893. The van der Waals surface area contributed by atoms with Gasteiger partial charge in [0.2, 0.25) is 0 Å². The molecule has 0 aliphatic heterocycles. The number of aromatic carboxylic acids is 1. The molecule has 2 rings (SSSR count). The van der Waals surface area contributed by atoms with Gasteiger partial charge in [0.1, 0.15) is 5.82 Å². The van der Waals surface area contributed by atoms with Crippen LogP contribution in [0.15, 0.2) is 30.3 Å². The number of nitrogens with zero attached hydrogens (tertiary/aromatic N) is 1. The molecule has 1 aromatic carbocycles. The predicted molar refractivity (Wildman–Crippen MR) is 75.7 cm³/mol. The van der Waals surface area contributed by atoms with Crippen LogP contribution < -0.4 is 5.32 Å². The second kappa shape index (κ2) is 5.47. The summed E-state index contributed by atoms with van der Waals surface area (Å²) in [5.41, 5.74) is 1.38. The fourth-order valence-electron chi connectivity index (χ4n) is 1.58. The van der Waals surface area contributed by atoms with Crippen LogP contribution in [-0.4, -0.2) is 16.1 Å². The largest absolute Gasteiger partial charge is 0.478 e. The summed E-state index contributed by atoms with van der Waals surface area (Å²) in [6.07, 6.45) is 0. The van der Waals surface area contributed by atoms with E-state index < -0.39 is 5.97 Å². The molecule has 98 valence electrons. The van der Waals surface area contributed by atoms with Crippen LogP contribution in [0.4, 0.5) is 11.5 Å². The van der Waals surface area contributed by atoms with Gasteiger partial charge in [-0.2, -0.15) is 0 Å². The van der Waals surface area contributed by atoms with Gasteiger partial charge >= 0.3 is 5.97 Å². The number of aromatic nitrogens is 1. The first-order chi connectivity index (χ1) is 8.95. The second-order valence-electron chi connectivity index (χ2n) is 3.94. The molecule has 0 saturated carbocycles. The molecule has 1 heterocycles. The second-order valence-corrected chi connectivity index (χ2v) is 4.78. The molecule has 0 saturated heterocycles. The number of carboxylic acids is 1. The lowest BCUT2D eigenvalue weighted by Gasteiger charge is -2.09. The summed E-state index contributed by atoms with van der Waals surface area (Å²) in [6, 6.07) is 7.93. The van der Waals surface area contributed by atoms with Crippen molar-refractivity contribution >= 4 is 40.7 Å². The SMILES string of the molecule is Cc1cc(C(=O)O)cc(Nc2ccc(Cl)cc2Cl)n1. The van der Waals surface area contributed by atoms with Crippen LogP contribution in [0.3, 0.4) is 0 Å². The van der Waals surface area contributed by atoms with Crippen LogP contribution in [-0.2, 0) is 0 Å². The van der Waals surface area contributed by atoms with E-state index in [4.69, 9.17) is 28.3 Å². The Kier molecular flexibility index (Phi) is 3.93. The smallest absolute Gasteiger partial charge is 0.335 e. The van der Waals surface area contributed by atoms with E-state index in [1.54, 1.807) is 25.1 Å². The van der Waals surface area contributed by atoms with E-state index in [9.17, 15) is 4.79 Å². The van der Waals surface area contributed by atoms with Crippen LogP contribution in [0.25, 0.3) is 0 Å². The molecular formula is C13H10Cl2N2O2. The van der Waals surface area contributed by atoms with Crippen molar-refractivity contribution in [3.63, 3.8) is 0 Å². The van der Waals surface area contributed by atoms with Crippen LogP contribution in [0, 0.1) is 6.92 Å². The van der Waals surface area contributed by atoms with E-state index >= 15 is 0 Å². The molecule has 0 atom stereocenters. The number of carbonyl (C=O) groups is 1. The Labute approximate surface area is 120 Å². The van der Waals surface area contributed by atoms with Crippen molar-refractivity contribution in [2.24, 2.45) is 0 Å². The number of pyridine rings is 1. The normalized spacial score (nSPS) is 10.3. The van der Waals surface area contributed by atoms with Gasteiger partial charge in [0, 0.05) is 10.7 Å². The van der Waals surface area contributed by atoms with Gasteiger partial charge in [0.25, 0.3) is 0 Å². The van der Waals surface area contributed by atoms with E-state index in [1.165, 1.54) is 12.1 Å². The molecule has 2 aromatic rings. The summed E-state index contributed by atoms with van der Waals surface area (Å²) >= 11 is 11.8. The highest BCUT2D eigenvalue weighted by Crippen LogP contribution is 2.28. The van der Waals surface area contributed by atoms with E-state index in [2.05, 4.69) is 10.3 Å². The minimum absolute atomic E-state index is 0.167. The summed E-state index contributed by atoms with van der Waals surface area (Å²) in [4.78, 5) is 15.2. The number of halogens is 2. The van der Waals surface area contributed by atoms with Gasteiger partial charge in [-0.05, 0) is 37.3 Å². The molecule has 0 unspecified atom stereocenters. The highest BCUT2D eigenvalue weighted by atomic mass is 35.5. The van der Waals surface area contributed by atoms with Gasteiger partial charge in [-0.1, -0.05) is 23.2 Å². The molecule has 2 N–H and O–H groups in total. The molecule has 0 amide bonds. The van der Waals surface area contributed by atoms with Crippen LogP contribution >= 0.6 is 23.2 Å². The van der Waals surface area contributed by atoms with Crippen molar-refractivity contribution in [2.75, 3.05) is 5.32 Å². The number of benzene rings is 1. The minimum atomic E-state index is -1.00. The van der Waals surface area contributed by atoms with Crippen molar-refractivity contribution in [1.82, 2.24) is 4.98 Å². The van der Waals surface area contributed by atoms with Crippen molar-refractivity contribution in [1.29, 1.82) is 0 Å². The zero-order valence-corrected chi connectivity index (χ0v) is 11.5. The molecule has 19 heavy (non-hydrogen) atoms. The molecule has 0 fully saturated rings. The lowest BCUT2D eigenvalue weighted by atomic mass is 10.2. The fourth-order valence-corrected chi connectivity index (χ4v) is 2.04. The Bertz CT molecular complexity index is 645. The monoisotopic (exact) mass is 296 g/mol. The van der Waals surface area contributed by atoms with Crippen molar-refractivity contribution < 1.29 is 9.90 Å². The number of hydrogen-bond acceptors (Lipinski definition) is 3. The summed E-state index contributed by atoms with van der Waals surface area (Å²) < 4.78 is 0. The predicted octanol–water partition coefficient (Wildman–Crippen LogP) is 4.14. The number of rotatable bonds is 3. The summed E-state index contributed by atoms with van der Waals surface area (Å²) in [5.74, 6) is -0.586. The van der Waals surface area contributed by atoms with E-state index in [0.29, 0.717) is 27.2 Å². The number of carboxylic acid groups (broad SMARTS) is 1. The molecule has 1 aromatic heterocycles. The van der Waals surface area contributed by atoms with Gasteiger partial charge in [0.15, 0.2) is 0 Å². The standard InChI is InChI=1S/C13H10Cl2N2O2/c1-7-4-8(13(18)19)5-12(16-7)17-11-3-2-9(14)6-10(11)15/h2-6H,1H3,(H,16,17)(H,18,19). The minimum Gasteiger partial charge on any atom is -0.478 e. The van der Waals surface area contributed by atoms with E-state index in [-0.39, 0.29) is 5.56 Å². The number of aryl methyl sites for hydroxylation is 1. The van der Waals surface area contributed by atoms with Crippen LogP contribution in [0.1, 0.15) is 16.1 Å². The molecule has 4 nitrogen and oxygen atoms in total. The summed E-state index contributed by atoms with van der Waals surface area (Å²) in [7, 11) is 0. The maximum atomic E-state index is 11.0. The first-order valence-electron chi connectivity index (χ1n) is 5.40. The van der Waals surface area contributed by atoms with Crippen LogP contribution in [0.5, 0.6) is 0 Å². The first kappa shape index (κ1) is 13.6. The van der Waals surface area contributed by atoms with Crippen LogP contribution in [0.2, 0.25) is 10.0 Å². The van der Waals surface area contributed by atoms with Gasteiger partial charge in [-0.25, -0.2) is 9.78 Å². The van der Waals surface area contributed by atoms with Gasteiger partial charge in [-0.3, -0.25) is 0 Å². The Morgan fingerprint density at radius 1 is 1.26 bits per heavy atom. The summed E-state index contributed by atoms with van der Waals surface area (Å²) in [6.45, 7) is 1.72. The molecule has 0 aliphatic rings. The van der Waals surface area contributed by atoms with Gasteiger partial charge in [0.05, 0.1) is 16.3 Å². The van der Waals surface area contributed by atoms with Crippen molar-refractivity contribution in [2.45, 2.75) is 6.92 Å². The Morgan fingerprint density at radius 2 is 2.00 bits per heavy atom. The number of nitrogens with one attached hydrogen (secondary N) is 1. The maximum Gasteiger partial charge on any atom is 0.335 e. The average Bonchev–Trinajstić information content (AvgIpc) is 2.32. The van der Waals surface area contributed by atoms with Crippen molar-refractivity contribution in [3.05, 3.63) is 51.6 Å². The third-order valence-corrected chi connectivity index (χ3v) is 2.94. The zero-order valence-electron chi connectivity index (χ0n) is 9.95. The van der Waals surface area contributed by atoms with E-state index in [1.807, 2.05) is 0 Å². The molecule has 0 aliphatic carbocycles. The first-order valence-corrected chi connectivity index (χ1v) is 6.15. The summed E-state index contributed by atoms with van der Waals surface area (Å²) in [5, 5.41) is 12.9. The third-order valence-electron chi connectivity index (χ3n) is 2.39. The third kappa shape index (κ3) is 3.36. The fraction of sp³-hybridized carbons (Fsp3) is 0.0769. The Balaban J connectivity index is 2.35. The maximum absolute atomic E-state index is 11.0. The molecular weight excluding hydrogens is 287 g/mol. The van der Waals surface area contributed by atoms with Gasteiger partial charge in [-0.15, -0.1) is 0 Å². The Hall–Kier alpha value is -1.78. The lowest BCUT2D eigenvalue weighted by Crippen LogP contribution is -2.02. The molecule has 6 heteroatoms. The van der Waals surface area contributed by atoms with E-state index in [0.717, 1.165) is 0 Å². The number of hydrogen-bond donors (Lipinski definition) is 2. The Morgan fingerprint density at radius 3 is 2.63 bits per heavy atom. The topological polar surface area (TPSA) is 62.2 Å². The molecule has 0 spiro atoms. The van der Waals surface area contributed by atoms with Crippen molar-refractivity contribution in [3.8, 4) is 0 Å². The molecule has 0 radical (unpaired) electrons. The number of anilines is 2. The lowest BCUT2D eigenvalue weighted by molar-refractivity contribution is 0.0696. The highest BCUT2D eigenvalue weighted by Gasteiger charge is 2.08. The highest BCUT2D eigenvalue weighted by molar-refractivity contribution is 6.36. The zero-order chi connectivity index (χ0) is 14.0.